The third-order valence-corrected chi connectivity index (χ3v) is 8.61. The number of aryl methyl sites for hydroxylation is 1. The largest absolute Gasteiger partial charge is 0.478 e. The Hall–Kier alpha value is -2.26. The first-order valence-electron chi connectivity index (χ1n) is 8.98. The Morgan fingerprint density at radius 3 is 2.48 bits per heavy atom. The fourth-order valence-electron chi connectivity index (χ4n) is 2.80. The van der Waals surface area contributed by atoms with Crippen LogP contribution in [0.2, 0.25) is 10.0 Å². The van der Waals surface area contributed by atoms with E-state index in [-0.39, 0.29) is 16.2 Å². The third kappa shape index (κ3) is 5.15. The summed E-state index contributed by atoms with van der Waals surface area (Å²) < 4.78 is 28.2. The number of anilines is 1. The van der Waals surface area contributed by atoms with Crippen LogP contribution in [0.5, 0.6) is 0 Å². The second kappa shape index (κ2) is 9.48. The summed E-state index contributed by atoms with van der Waals surface area (Å²) in [5, 5.41) is 10.3. The Bertz CT molecular complexity index is 1240. The van der Waals surface area contributed by atoms with E-state index >= 15 is 0 Å². The highest BCUT2D eigenvalue weighted by Crippen LogP contribution is 2.34. The fourth-order valence-corrected chi connectivity index (χ4v) is 5.96. The van der Waals surface area contributed by atoms with Crippen LogP contribution in [0.15, 0.2) is 59.8 Å². The van der Waals surface area contributed by atoms with Gasteiger partial charge in [0.1, 0.15) is 0 Å². The number of benzene rings is 2. The predicted molar refractivity (Wildman–Crippen MR) is 125 cm³/mol. The molecule has 2 aromatic carbocycles. The van der Waals surface area contributed by atoms with E-state index in [0.717, 1.165) is 21.2 Å². The van der Waals surface area contributed by atoms with Crippen LogP contribution in [0.3, 0.4) is 0 Å². The summed E-state index contributed by atoms with van der Waals surface area (Å²) in [6, 6.07) is 11.0. The number of aromatic carboxylic acids is 1. The monoisotopic (exact) mass is 496 g/mol. The van der Waals surface area contributed by atoms with Gasteiger partial charge in [-0.05, 0) is 78.9 Å². The second-order valence-electron chi connectivity index (χ2n) is 6.68. The number of carboxylic acids is 1. The lowest BCUT2D eigenvalue weighted by molar-refractivity contribution is 0.0695. The molecule has 1 N–H and O–H groups in total. The number of pyridine rings is 1. The zero-order valence-electron chi connectivity index (χ0n) is 16.5. The molecule has 0 aliphatic carbocycles. The van der Waals surface area contributed by atoms with Crippen molar-refractivity contribution < 1.29 is 18.3 Å². The van der Waals surface area contributed by atoms with Gasteiger partial charge in [0.25, 0.3) is 10.0 Å². The van der Waals surface area contributed by atoms with Crippen molar-refractivity contribution in [3.05, 3.63) is 87.2 Å². The summed E-state index contributed by atoms with van der Waals surface area (Å²) in [4.78, 5) is 15.5. The molecule has 0 radical (unpaired) electrons. The number of hydrogen-bond donors (Lipinski definition) is 1. The van der Waals surface area contributed by atoms with E-state index in [2.05, 4.69) is 4.98 Å². The van der Waals surface area contributed by atoms with Gasteiger partial charge >= 0.3 is 5.97 Å². The molecule has 0 spiro atoms. The first-order valence-corrected chi connectivity index (χ1v) is 12.1. The highest BCUT2D eigenvalue weighted by Gasteiger charge is 2.28. The Morgan fingerprint density at radius 2 is 1.87 bits per heavy atom. The second-order valence-corrected chi connectivity index (χ2v) is 10.4. The lowest BCUT2D eigenvalue weighted by atomic mass is 10.0. The van der Waals surface area contributed by atoms with Crippen LogP contribution in [0.1, 0.15) is 27.0 Å². The van der Waals surface area contributed by atoms with Crippen molar-refractivity contribution >= 4 is 56.8 Å². The number of nitrogens with zero attached hydrogens (tertiary/aromatic N) is 2. The zero-order chi connectivity index (χ0) is 22.8. The fraction of sp³-hybridized carbons (Fsp3) is 0.143. The quantitative estimate of drug-likeness (QED) is 0.419. The average Bonchev–Trinajstić information content (AvgIpc) is 2.73. The molecule has 0 atom stereocenters. The van der Waals surface area contributed by atoms with Crippen molar-refractivity contribution in [1.82, 2.24) is 4.98 Å². The molecule has 0 unspecified atom stereocenters. The number of carboxylic acid groups (broad SMARTS) is 1. The van der Waals surface area contributed by atoms with Crippen LogP contribution in [-0.2, 0) is 15.8 Å². The van der Waals surface area contributed by atoms with Crippen LogP contribution in [0.4, 0.5) is 5.69 Å². The summed E-state index contributed by atoms with van der Waals surface area (Å²) in [7, 11) is -4.10. The molecule has 0 aliphatic rings. The number of sulfonamides is 1. The molecule has 31 heavy (non-hydrogen) atoms. The van der Waals surface area contributed by atoms with Crippen molar-refractivity contribution in [2.45, 2.75) is 24.5 Å². The first kappa shape index (κ1) is 23.4. The molecule has 0 aliphatic heterocycles. The highest BCUT2D eigenvalue weighted by molar-refractivity contribution is 8.14. The molecule has 3 aromatic rings. The van der Waals surface area contributed by atoms with Crippen LogP contribution in [0.25, 0.3) is 0 Å². The zero-order valence-corrected chi connectivity index (χ0v) is 19.7. The topological polar surface area (TPSA) is 87.6 Å². The van der Waals surface area contributed by atoms with E-state index < -0.39 is 16.0 Å². The Labute approximate surface area is 195 Å². The SMILES string of the molecule is Cc1cc(S(=O)(=O)N(SCc2ccc(Cl)c(Cl)c2)c2cccnc2)cc(C(=O)O)c1C. The molecule has 10 heteroatoms. The van der Waals surface area contributed by atoms with E-state index in [1.807, 2.05) is 0 Å². The van der Waals surface area contributed by atoms with E-state index in [4.69, 9.17) is 23.2 Å². The molecule has 0 saturated heterocycles. The van der Waals surface area contributed by atoms with Crippen molar-refractivity contribution in [1.29, 1.82) is 0 Å². The van der Waals surface area contributed by atoms with Crippen LogP contribution < -0.4 is 3.71 Å². The van der Waals surface area contributed by atoms with Gasteiger partial charge in [-0.3, -0.25) is 4.98 Å². The summed E-state index contributed by atoms with van der Waals surface area (Å²) in [5.74, 6) is -0.907. The molecule has 0 fully saturated rings. The van der Waals surface area contributed by atoms with Crippen LogP contribution >= 0.6 is 35.1 Å². The first-order chi connectivity index (χ1) is 14.6. The summed E-state index contributed by atoms with van der Waals surface area (Å²) in [6.45, 7) is 3.32. The molecular weight excluding hydrogens is 479 g/mol. The van der Waals surface area contributed by atoms with E-state index in [0.29, 0.717) is 26.9 Å². The van der Waals surface area contributed by atoms with Gasteiger partial charge in [-0.25, -0.2) is 16.9 Å². The van der Waals surface area contributed by atoms with E-state index in [1.54, 1.807) is 44.2 Å². The molecule has 1 aromatic heterocycles. The van der Waals surface area contributed by atoms with Gasteiger partial charge in [-0.2, -0.15) is 0 Å². The molecule has 0 saturated carbocycles. The molecule has 0 bridgehead atoms. The normalized spacial score (nSPS) is 11.4. The maximum absolute atomic E-state index is 13.6. The van der Waals surface area contributed by atoms with Gasteiger partial charge in [-0.15, -0.1) is 0 Å². The third-order valence-electron chi connectivity index (χ3n) is 4.58. The number of hydrogen-bond acceptors (Lipinski definition) is 5. The minimum atomic E-state index is -4.10. The minimum absolute atomic E-state index is 0.0563. The Kier molecular flexibility index (Phi) is 7.16. The maximum Gasteiger partial charge on any atom is 0.336 e. The maximum atomic E-state index is 13.6. The summed E-state index contributed by atoms with van der Waals surface area (Å²) in [6.07, 6.45) is 2.97. The predicted octanol–water partition coefficient (Wildman–Crippen LogP) is 5.75. The lowest BCUT2D eigenvalue weighted by Gasteiger charge is -2.23. The van der Waals surface area contributed by atoms with Crippen LogP contribution in [0, 0.1) is 13.8 Å². The van der Waals surface area contributed by atoms with Crippen molar-refractivity contribution in [3.8, 4) is 0 Å². The highest BCUT2D eigenvalue weighted by atomic mass is 35.5. The number of carbonyl (C=O) groups is 1. The van der Waals surface area contributed by atoms with Gasteiger partial charge < -0.3 is 5.11 Å². The van der Waals surface area contributed by atoms with Gasteiger partial charge in [0.15, 0.2) is 0 Å². The smallest absolute Gasteiger partial charge is 0.336 e. The molecule has 3 rings (SSSR count). The molecule has 1 heterocycles. The Morgan fingerprint density at radius 1 is 1.13 bits per heavy atom. The number of halogens is 2. The van der Waals surface area contributed by atoms with Gasteiger partial charge in [-0.1, -0.05) is 29.3 Å². The van der Waals surface area contributed by atoms with Gasteiger partial charge in [0, 0.05) is 11.9 Å². The van der Waals surface area contributed by atoms with Crippen LogP contribution in [-0.4, -0.2) is 24.5 Å². The lowest BCUT2D eigenvalue weighted by Crippen LogP contribution is -2.25. The number of aromatic nitrogens is 1. The average molecular weight is 497 g/mol. The molecular formula is C21H18Cl2N2O4S2. The summed E-state index contributed by atoms with van der Waals surface area (Å²) in [5.41, 5.74) is 2.14. The van der Waals surface area contributed by atoms with E-state index in [9.17, 15) is 18.3 Å². The molecule has 6 nitrogen and oxygen atoms in total. The minimum Gasteiger partial charge on any atom is -0.478 e. The van der Waals surface area contributed by atoms with Crippen molar-refractivity contribution in [2.24, 2.45) is 0 Å². The van der Waals surface area contributed by atoms with Gasteiger partial charge in [0.05, 0.1) is 32.4 Å². The Balaban J connectivity index is 2.04. The molecule has 0 amide bonds. The van der Waals surface area contributed by atoms with Gasteiger partial charge in [0.2, 0.25) is 0 Å². The molecule has 162 valence electrons. The number of rotatable bonds is 7. The van der Waals surface area contributed by atoms with E-state index in [1.165, 1.54) is 24.5 Å². The summed E-state index contributed by atoms with van der Waals surface area (Å²) >= 11 is 13.1. The van der Waals surface area contributed by atoms with Crippen molar-refractivity contribution in [2.75, 3.05) is 3.71 Å². The standard InChI is InChI=1S/C21H18Cl2N2O4S2/c1-13-8-17(10-18(14(13)2)21(26)27)31(28,29)25(16-4-3-7-24-11-16)30-12-15-5-6-19(22)20(23)9-15/h3-11H,12H2,1-2H3,(H,26,27). The van der Waals surface area contributed by atoms with Crippen molar-refractivity contribution in [3.63, 3.8) is 0 Å².